The van der Waals surface area contributed by atoms with E-state index in [0.29, 0.717) is 0 Å². The molecule has 0 saturated heterocycles. The third-order valence-electron chi connectivity index (χ3n) is 18.1. The van der Waals surface area contributed by atoms with Crippen LogP contribution in [-0.4, -0.2) is 207 Å². The van der Waals surface area contributed by atoms with E-state index < -0.39 is 0 Å². The molecule has 1 aliphatic carbocycles. The van der Waals surface area contributed by atoms with Crippen molar-refractivity contribution in [2.75, 3.05) is 197 Å². The smallest absolute Gasteiger partial charge is 0.149 e. The number of rotatable bonds is 24. The number of anilines is 5. The Bertz CT molecular complexity index is 3510. The largest absolute Gasteiger partial charge is 0.378 e. The van der Waals surface area contributed by atoms with Crippen LogP contribution in [0.5, 0.6) is 0 Å². The molecule has 0 unspecified atom stereocenters. The van der Waals surface area contributed by atoms with Gasteiger partial charge in [0.05, 0.1) is 23.1 Å². The van der Waals surface area contributed by atoms with Crippen LogP contribution < -0.4 is 24.5 Å². The summed E-state index contributed by atoms with van der Waals surface area (Å²) in [5.74, 6) is 12.9. The van der Waals surface area contributed by atoms with Gasteiger partial charge in [-0.05, 0) is 327 Å². The fraction of sp³-hybridized carbons (Fsp3) is 0.574. The minimum absolute atomic E-state index is 0.207. The van der Waals surface area contributed by atoms with Gasteiger partial charge in [0.2, 0.25) is 0 Å². The van der Waals surface area contributed by atoms with Crippen LogP contribution in [0.4, 0.5) is 28.6 Å². The number of H-pyrrole nitrogens is 2. The van der Waals surface area contributed by atoms with Crippen molar-refractivity contribution in [3.05, 3.63) is 181 Å². The summed E-state index contributed by atoms with van der Waals surface area (Å²) in [7, 11) is 30.8. The summed E-state index contributed by atoms with van der Waals surface area (Å²) in [6, 6.07) is 36.0. The molecule has 8 aromatic rings. The molecule has 0 spiro atoms. The number of aromatic amines is 2. The molecule has 0 atom stereocenters. The van der Waals surface area contributed by atoms with Gasteiger partial charge in [-0.1, -0.05) is 246 Å². The van der Waals surface area contributed by atoms with E-state index in [1.54, 1.807) is 17.5 Å². The summed E-state index contributed by atoms with van der Waals surface area (Å²) in [5, 5.41) is 1.13. The Morgan fingerprint density at radius 3 is 1.18 bits per heavy atom. The van der Waals surface area contributed by atoms with Crippen LogP contribution in [0.1, 0.15) is 177 Å². The van der Waals surface area contributed by atoms with Gasteiger partial charge in [0, 0.05) is 108 Å². The van der Waals surface area contributed by atoms with Crippen molar-refractivity contribution in [3.8, 4) is 11.1 Å². The van der Waals surface area contributed by atoms with E-state index in [0.717, 1.165) is 33.7 Å². The van der Waals surface area contributed by atoms with E-state index in [2.05, 4.69) is 413 Å². The number of aromatic nitrogens is 4. The zero-order valence-electron chi connectivity index (χ0n) is 78.0. The lowest BCUT2D eigenvalue weighted by molar-refractivity contribution is 0.275. The first-order chi connectivity index (χ1) is 54.1. The topological polar surface area (TPSA) is 83.3 Å². The quantitative estimate of drug-likeness (QED) is 0.0451. The molecule has 114 heavy (non-hydrogen) atoms. The van der Waals surface area contributed by atoms with Crippen molar-refractivity contribution >= 4 is 167 Å². The molecule has 2 aromatic heterocycles. The number of alkyl halides is 7. The summed E-state index contributed by atoms with van der Waals surface area (Å²) in [5.41, 5.74) is 26.7. The van der Waals surface area contributed by atoms with E-state index in [1.807, 2.05) is 108 Å². The standard InChI is InChI=1S/C29H42BrN.C11H15N3.2C10H15N.C9H12BrN.C9H21N.C7H13N3.C3H9N.6CH3Br/c1-23-13-15-25-26-16-14-24(2)22-28(26)29(27(25)21-23,17-9-5-7-11-19-30)18-10-6-8-12-20-31(3)4;1-7-5-9(14(3)4)8(2)11-10(7)12-6-13-11;1-8-5-9(2)7-10(6-8)11(3)4;1-8-5-6-10(11(3)4)7-9(8)2;1-7-6-8(11(2)3)4-5-9(7)10;1-4-7-10(8-5-2)9-6-3;1-5-7(10(3)4)9-6(2)8-5;1-4(2)3;6*1-2/h13-16,21-22H,5-12,17-20H2,1-4H3;5-6H,1-4H3,(H,12,13);2*5-7H,1-4H3;4-6H,1-3H3;4-9H2,1-3H3;1-4H3,(H,8,9);1-3H3;6*1H3. The maximum atomic E-state index is 4.31. The van der Waals surface area contributed by atoms with E-state index >= 15 is 0 Å². The lowest BCUT2D eigenvalue weighted by Gasteiger charge is -2.33. The maximum absolute atomic E-state index is 4.31. The number of aryl methyl sites for hydroxylation is 11. The van der Waals surface area contributed by atoms with Crippen LogP contribution in [-0.2, 0) is 5.41 Å². The van der Waals surface area contributed by atoms with Crippen LogP contribution in [0.15, 0.2) is 108 Å². The van der Waals surface area contributed by atoms with Crippen LogP contribution in [0.25, 0.3) is 22.2 Å². The van der Waals surface area contributed by atoms with Gasteiger partial charge in [-0.3, -0.25) is 0 Å². The number of nitrogens with one attached hydrogen (secondary N) is 2. The molecule has 0 fully saturated rings. The highest BCUT2D eigenvalue weighted by molar-refractivity contribution is 9.10. The number of fused-ring (bicyclic) bond motifs is 4. The highest BCUT2D eigenvalue weighted by Crippen LogP contribution is 2.54. The molecule has 0 aliphatic heterocycles. The third kappa shape index (κ3) is 48.2. The van der Waals surface area contributed by atoms with Gasteiger partial charge in [-0.25, -0.2) is 9.97 Å². The normalized spacial score (nSPS) is 10.5. The van der Waals surface area contributed by atoms with E-state index in [4.69, 9.17) is 0 Å². The molecule has 1 aliphatic rings. The highest BCUT2D eigenvalue weighted by Gasteiger charge is 2.42. The summed E-state index contributed by atoms with van der Waals surface area (Å²) in [6.45, 7) is 35.1. The van der Waals surface area contributed by atoms with E-state index in [1.165, 1.54) is 198 Å². The molecule has 0 amide bonds. The zero-order valence-corrected chi connectivity index (χ0v) is 90.7. The first-order valence-corrected chi connectivity index (χ1v) is 51.3. The Kier molecular flexibility index (Phi) is 74.8. The molecule has 20 heteroatoms. The summed E-state index contributed by atoms with van der Waals surface area (Å²) in [4.78, 5) is 32.2. The lowest BCUT2D eigenvalue weighted by atomic mass is 9.70. The van der Waals surface area contributed by atoms with Crippen molar-refractivity contribution < 1.29 is 0 Å². The van der Waals surface area contributed by atoms with Gasteiger partial charge in [-0.2, -0.15) is 0 Å². The Morgan fingerprint density at radius 1 is 0.395 bits per heavy atom. The molecule has 12 nitrogen and oxygen atoms in total. The van der Waals surface area contributed by atoms with Gasteiger partial charge in [-0.15, -0.1) is 0 Å². The second-order valence-electron chi connectivity index (χ2n) is 29.9. The molecule has 9 rings (SSSR count). The Labute approximate surface area is 768 Å². The number of benzene rings is 6. The number of hydrogen-bond donors (Lipinski definition) is 2. The van der Waals surface area contributed by atoms with E-state index in [-0.39, 0.29) is 5.41 Å². The van der Waals surface area contributed by atoms with Crippen LogP contribution in [0, 0.1) is 76.2 Å². The second-order valence-corrected chi connectivity index (χ2v) is 31.6. The number of halogens is 8. The fourth-order valence-corrected chi connectivity index (χ4v) is 13.4. The molecule has 2 heterocycles. The van der Waals surface area contributed by atoms with Gasteiger partial charge in [0.15, 0.2) is 0 Å². The van der Waals surface area contributed by atoms with Crippen LogP contribution in [0.2, 0.25) is 0 Å². The van der Waals surface area contributed by atoms with Gasteiger partial charge < -0.3 is 49.2 Å². The molecule has 652 valence electrons. The summed E-state index contributed by atoms with van der Waals surface area (Å²) < 4.78 is 1.17. The SMILES string of the molecule is CBr.CBr.CBr.CBr.CBr.CBr.CCCN(CCC)CCC.CN(C)C.Cc1cc(C)cc(N(C)C)c1.Cc1cc(N(C)C)c(C)c2[nH]cnc12.Cc1cc(N(C)C)ccc1Br.Cc1ccc(N(C)C)cc1C.Cc1ccc2c(c1)C(CCCCCCBr)(CCCCCCN(C)C)c1cc(C)ccc1-2.Cc1nc(N(C)C)c(C)[nH]1. The molecule has 0 bridgehead atoms. The van der Waals surface area contributed by atoms with E-state index in [9.17, 15) is 0 Å². The average molecular weight is 2100 g/mol. The van der Waals surface area contributed by atoms with Crippen LogP contribution in [0.3, 0.4) is 0 Å². The first-order valence-electron chi connectivity index (χ1n) is 39.9. The Morgan fingerprint density at radius 2 is 0.816 bits per heavy atom. The second kappa shape index (κ2) is 71.5. The maximum Gasteiger partial charge on any atom is 0.149 e. The van der Waals surface area contributed by atoms with Crippen molar-refractivity contribution in [2.24, 2.45) is 0 Å². The summed E-state index contributed by atoms with van der Waals surface area (Å²) >= 11 is 24.7. The van der Waals surface area contributed by atoms with Crippen molar-refractivity contribution in [2.45, 2.75) is 186 Å². The summed E-state index contributed by atoms with van der Waals surface area (Å²) in [6.07, 6.45) is 18.9. The van der Waals surface area contributed by atoms with Gasteiger partial charge in [0.25, 0.3) is 0 Å². The minimum Gasteiger partial charge on any atom is -0.378 e. The molecule has 0 saturated carbocycles. The number of hydrogen-bond acceptors (Lipinski definition) is 10. The van der Waals surface area contributed by atoms with Gasteiger partial charge >= 0.3 is 0 Å². The minimum atomic E-state index is 0.207. The predicted molar refractivity (Wildman–Crippen MR) is 553 cm³/mol. The van der Waals surface area contributed by atoms with Crippen LogP contribution >= 0.6 is 127 Å². The van der Waals surface area contributed by atoms with Crippen molar-refractivity contribution in [3.63, 3.8) is 0 Å². The molecular weight excluding hydrogens is 1940 g/mol. The Hall–Kier alpha value is -3.28. The Balaban J connectivity index is -0.000000411. The molecule has 0 radical (unpaired) electrons. The van der Waals surface area contributed by atoms with Gasteiger partial charge in [0.1, 0.15) is 11.6 Å². The average Bonchev–Trinajstić information content (AvgIpc) is 1.57. The number of nitrogens with zero attached hydrogens (tertiary/aromatic N) is 10. The third-order valence-corrected chi connectivity index (χ3v) is 19.6. The van der Waals surface area contributed by atoms with Crippen molar-refractivity contribution in [1.29, 1.82) is 0 Å². The highest BCUT2D eigenvalue weighted by atomic mass is 79.9. The molecule has 2 N–H and O–H groups in total. The first kappa shape index (κ1) is 119. The lowest BCUT2D eigenvalue weighted by Crippen LogP contribution is -2.26. The molecule has 6 aromatic carbocycles. The number of unbranched alkanes of at least 4 members (excludes halogenated alkanes) is 6. The fourth-order valence-electron chi connectivity index (χ4n) is 12.8. The number of imidazole rings is 2. The van der Waals surface area contributed by atoms with Crippen molar-refractivity contribution in [1.82, 2.24) is 34.6 Å². The monoisotopic (exact) mass is 2090 g/mol. The molecular formula is C94H160Br8N12. The zero-order chi connectivity index (χ0) is 89.0. The predicted octanol–water partition coefficient (Wildman–Crippen LogP) is 28.1.